The highest BCUT2D eigenvalue weighted by atomic mass is 16.5. The Labute approximate surface area is 132 Å². The van der Waals surface area contributed by atoms with Crippen LogP contribution in [0.25, 0.3) is 0 Å². The average Bonchev–Trinajstić information content (AvgIpc) is 2.77. The fraction of sp³-hybridized carbons (Fsp3) is 0.750. The number of hydrogen-bond acceptors (Lipinski definition) is 6. The molecule has 6 heteroatoms. The number of aromatic nitrogens is 2. The average molecular weight is 306 g/mol. The molecule has 2 saturated heterocycles. The van der Waals surface area contributed by atoms with Crippen LogP contribution in [0.5, 0.6) is 0 Å². The predicted octanol–water partition coefficient (Wildman–Crippen LogP) is 1.10. The van der Waals surface area contributed by atoms with Gasteiger partial charge in [-0.1, -0.05) is 0 Å². The van der Waals surface area contributed by atoms with Crippen LogP contribution in [0.4, 0.5) is 5.82 Å². The molecule has 0 radical (unpaired) electrons. The SMILES string of the molecule is COCCN1CCO[C@@H]2CCN(c3ccc(C)nn3)CC[C@H]21. The summed E-state index contributed by atoms with van der Waals surface area (Å²) in [6.45, 7) is 7.57. The standard InChI is InChI=1S/C16H26N4O2/c1-13-3-4-16(18-17-13)20-7-5-14-15(6-8-20)22-12-10-19(14)9-11-21-2/h3-4,14-15H,5-12H2,1-2H3/t14-,15-/m1/s1. The molecule has 2 aliphatic rings. The molecule has 1 aromatic heterocycles. The van der Waals surface area contributed by atoms with E-state index in [0.29, 0.717) is 12.1 Å². The summed E-state index contributed by atoms with van der Waals surface area (Å²) in [5, 5.41) is 8.51. The fourth-order valence-electron chi connectivity index (χ4n) is 3.44. The van der Waals surface area contributed by atoms with E-state index in [1.807, 2.05) is 13.0 Å². The second-order valence-corrected chi connectivity index (χ2v) is 6.10. The Balaban J connectivity index is 1.66. The molecule has 0 aromatic carbocycles. The van der Waals surface area contributed by atoms with Gasteiger partial charge in [0.05, 0.1) is 25.0 Å². The van der Waals surface area contributed by atoms with Crippen molar-refractivity contribution in [3.05, 3.63) is 17.8 Å². The molecule has 0 unspecified atom stereocenters. The number of morpholine rings is 1. The molecule has 0 bridgehead atoms. The van der Waals surface area contributed by atoms with Gasteiger partial charge in [-0.25, -0.2) is 0 Å². The lowest BCUT2D eigenvalue weighted by Crippen LogP contribution is -2.52. The van der Waals surface area contributed by atoms with Crippen molar-refractivity contribution in [2.75, 3.05) is 51.4 Å². The monoisotopic (exact) mass is 306 g/mol. The molecule has 22 heavy (non-hydrogen) atoms. The van der Waals surface area contributed by atoms with E-state index < -0.39 is 0 Å². The molecule has 0 saturated carbocycles. The molecule has 0 aliphatic carbocycles. The Kier molecular flexibility index (Phi) is 5.23. The van der Waals surface area contributed by atoms with E-state index in [9.17, 15) is 0 Å². The van der Waals surface area contributed by atoms with E-state index in [-0.39, 0.29) is 0 Å². The van der Waals surface area contributed by atoms with Gasteiger partial charge in [0.1, 0.15) is 0 Å². The van der Waals surface area contributed by atoms with E-state index in [2.05, 4.69) is 26.1 Å². The molecule has 2 atom stereocenters. The largest absolute Gasteiger partial charge is 0.383 e. The lowest BCUT2D eigenvalue weighted by molar-refractivity contribution is -0.0760. The van der Waals surface area contributed by atoms with Gasteiger partial charge in [0, 0.05) is 39.3 Å². The highest BCUT2D eigenvalue weighted by Crippen LogP contribution is 2.25. The molecule has 2 fully saturated rings. The molecule has 3 heterocycles. The van der Waals surface area contributed by atoms with Crippen molar-refractivity contribution in [3.8, 4) is 0 Å². The first-order chi connectivity index (χ1) is 10.8. The van der Waals surface area contributed by atoms with Gasteiger partial charge in [-0.2, -0.15) is 5.10 Å². The highest BCUT2D eigenvalue weighted by Gasteiger charge is 2.34. The fourth-order valence-corrected chi connectivity index (χ4v) is 3.44. The maximum absolute atomic E-state index is 6.03. The summed E-state index contributed by atoms with van der Waals surface area (Å²) in [5.41, 5.74) is 0.960. The van der Waals surface area contributed by atoms with Crippen LogP contribution in [-0.2, 0) is 9.47 Å². The Morgan fingerprint density at radius 3 is 2.86 bits per heavy atom. The molecule has 6 nitrogen and oxygen atoms in total. The molecular formula is C16H26N4O2. The highest BCUT2D eigenvalue weighted by molar-refractivity contribution is 5.37. The number of ether oxygens (including phenoxy) is 2. The third-order valence-electron chi connectivity index (χ3n) is 4.68. The van der Waals surface area contributed by atoms with Crippen molar-refractivity contribution >= 4 is 5.82 Å². The van der Waals surface area contributed by atoms with Crippen LogP contribution in [0, 0.1) is 6.92 Å². The molecule has 2 aliphatic heterocycles. The molecule has 122 valence electrons. The maximum atomic E-state index is 6.03. The zero-order chi connectivity index (χ0) is 15.4. The summed E-state index contributed by atoms with van der Waals surface area (Å²) in [6.07, 6.45) is 2.47. The molecule has 0 spiro atoms. The number of nitrogens with zero attached hydrogens (tertiary/aromatic N) is 4. The van der Waals surface area contributed by atoms with E-state index >= 15 is 0 Å². The molecular weight excluding hydrogens is 280 g/mol. The van der Waals surface area contributed by atoms with Crippen molar-refractivity contribution in [1.29, 1.82) is 0 Å². The number of rotatable bonds is 4. The first kappa shape index (κ1) is 15.6. The Bertz CT molecular complexity index is 468. The minimum Gasteiger partial charge on any atom is -0.383 e. The van der Waals surface area contributed by atoms with Gasteiger partial charge in [-0.15, -0.1) is 5.10 Å². The van der Waals surface area contributed by atoms with E-state index in [1.165, 1.54) is 0 Å². The third-order valence-corrected chi connectivity index (χ3v) is 4.68. The Hall–Kier alpha value is -1.24. The molecule has 0 N–H and O–H groups in total. The Morgan fingerprint density at radius 2 is 2.09 bits per heavy atom. The number of aryl methyl sites for hydroxylation is 1. The van der Waals surface area contributed by atoms with Gasteiger partial charge in [0.2, 0.25) is 0 Å². The van der Waals surface area contributed by atoms with Crippen molar-refractivity contribution in [3.63, 3.8) is 0 Å². The first-order valence-electron chi connectivity index (χ1n) is 8.18. The van der Waals surface area contributed by atoms with Crippen LogP contribution in [0.2, 0.25) is 0 Å². The normalized spacial score (nSPS) is 26.5. The summed E-state index contributed by atoms with van der Waals surface area (Å²) in [6, 6.07) is 4.59. The zero-order valence-corrected chi connectivity index (χ0v) is 13.6. The van der Waals surface area contributed by atoms with Crippen molar-refractivity contribution in [2.24, 2.45) is 0 Å². The van der Waals surface area contributed by atoms with Crippen molar-refractivity contribution in [1.82, 2.24) is 15.1 Å². The quantitative estimate of drug-likeness (QED) is 0.830. The number of fused-ring (bicyclic) bond motifs is 1. The van der Waals surface area contributed by atoms with Crippen LogP contribution >= 0.6 is 0 Å². The summed E-state index contributed by atoms with van der Waals surface area (Å²) in [5.74, 6) is 0.979. The van der Waals surface area contributed by atoms with E-state index in [4.69, 9.17) is 9.47 Å². The minimum atomic E-state index is 0.328. The summed E-state index contributed by atoms with van der Waals surface area (Å²) in [4.78, 5) is 4.87. The lowest BCUT2D eigenvalue weighted by Gasteiger charge is -2.40. The topological polar surface area (TPSA) is 50.7 Å². The second kappa shape index (κ2) is 7.35. The zero-order valence-electron chi connectivity index (χ0n) is 13.6. The summed E-state index contributed by atoms with van der Waals surface area (Å²) >= 11 is 0. The van der Waals surface area contributed by atoms with Gasteiger partial charge in [-0.3, -0.25) is 4.90 Å². The van der Waals surface area contributed by atoms with Gasteiger partial charge in [-0.05, 0) is 31.9 Å². The third kappa shape index (κ3) is 3.56. The van der Waals surface area contributed by atoms with Gasteiger partial charge >= 0.3 is 0 Å². The van der Waals surface area contributed by atoms with Crippen molar-refractivity contribution in [2.45, 2.75) is 31.9 Å². The van der Waals surface area contributed by atoms with Crippen LogP contribution in [0.15, 0.2) is 12.1 Å². The maximum Gasteiger partial charge on any atom is 0.151 e. The number of methoxy groups -OCH3 is 1. The van der Waals surface area contributed by atoms with Gasteiger partial charge < -0.3 is 14.4 Å². The Morgan fingerprint density at radius 1 is 1.23 bits per heavy atom. The molecule has 0 amide bonds. The second-order valence-electron chi connectivity index (χ2n) is 6.10. The molecule has 3 rings (SSSR count). The summed E-state index contributed by atoms with van der Waals surface area (Å²) < 4.78 is 11.3. The van der Waals surface area contributed by atoms with Crippen LogP contribution in [0.3, 0.4) is 0 Å². The summed E-state index contributed by atoms with van der Waals surface area (Å²) in [7, 11) is 1.77. The first-order valence-corrected chi connectivity index (χ1v) is 8.18. The predicted molar refractivity (Wildman–Crippen MR) is 85.2 cm³/mol. The van der Waals surface area contributed by atoms with Crippen LogP contribution in [-0.4, -0.2) is 73.7 Å². The van der Waals surface area contributed by atoms with Gasteiger partial charge in [0.25, 0.3) is 0 Å². The minimum absolute atomic E-state index is 0.328. The van der Waals surface area contributed by atoms with E-state index in [0.717, 1.165) is 63.7 Å². The number of anilines is 1. The smallest absolute Gasteiger partial charge is 0.151 e. The van der Waals surface area contributed by atoms with Crippen LogP contribution in [0.1, 0.15) is 18.5 Å². The van der Waals surface area contributed by atoms with Crippen molar-refractivity contribution < 1.29 is 9.47 Å². The lowest BCUT2D eigenvalue weighted by atomic mass is 10.0. The van der Waals surface area contributed by atoms with E-state index in [1.54, 1.807) is 7.11 Å². The molecule has 1 aromatic rings. The number of hydrogen-bond donors (Lipinski definition) is 0. The van der Waals surface area contributed by atoms with Gasteiger partial charge in [0.15, 0.2) is 5.82 Å². The van der Waals surface area contributed by atoms with Crippen LogP contribution < -0.4 is 4.90 Å².